The molecule has 1 amide bonds. The van der Waals surface area contributed by atoms with Crippen molar-refractivity contribution in [2.75, 3.05) is 24.2 Å². The molecule has 0 aliphatic rings. The van der Waals surface area contributed by atoms with E-state index in [1.54, 1.807) is 6.07 Å². The Morgan fingerprint density at radius 3 is 2.79 bits per heavy atom. The molecule has 0 aliphatic carbocycles. The summed E-state index contributed by atoms with van der Waals surface area (Å²) in [5.41, 5.74) is 7.21. The molecular formula is C14H23N3O2. The SMILES string of the molecule is CCCNC(=O)C(C)Nc1ccc(N)c(OCC)c1. The summed E-state index contributed by atoms with van der Waals surface area (Å²) in [4.78, 5) is 11.8. The smallest absolute Gasteiger partial charge is 0.242 e. The predicted octanol–water partition coefficient (Wildman–Crippen LogP) is 1.99. The van der Waals surface area contributed by atoms with Gasteiger partial charge in [0.15, 0.2) is 0 Å². The van der Waals surface area contributed by atoms with Gasteiger partial charge in [-0.05, 0) is 32.4 Å². The maximum absolute atomic E-state index is 11.8. The number of carbonyl (C=O) groups excluding carboxylic acids is 1. The number of nitrogen functional groups attached to an aromatic ring is 1. The zero-order chi connectivity index (χ0) is 14.3. The lowest BCUT2D eigenvalue weighted by atomic mass is 10.2. The Morgan fingerprint density at radius 1 is 1.42 bits per heavy atom. The highest BCUT2D eigenvalue weighted by Gasteiger charge is 2.12. The van der Waals surface area contributed by atoms with Crippen molar-refractivity contribution in [2.45, 2.75) is 33.2 Å². The predicted molar refractivity (Wildman–Crippen MR) is 78.4 cm³/mol. The highest BCUT2D eigenvalue weighted by molar-refractivity contribution is 5.84. The molecule has 0 bridgehead atoms. The van der Waals surface area contributed by atoms with Crippen LogP contribution in [0.1, 0.15) is 27.2 Å². The van der Waals surface area contributed by atoms with E-state index < -0.39 is 0 Å². The van der Waals surface area contributed by atoms with Gasteiger partial charge in [0.1, 0.15) is 11.8 Å². The van der Waals surface area contributed by atoms with E-state index in [0.29, 0.717) is 24.6 Å². The van der Waals surface area contributed by atoms with Crippen molar-refractivity contribution >= 4 is 17.3 Å². The van der Waals surface area contributed by atoms with Crippen molar-refractivity contribution < 1.29 is 9.53 Å². The molecule has 0 saturated carbocycles. The van der Waals surface area contributed by atoms with Crippen LogP contribution in [-0.4, -0.2) is 25.1 Å². The molecule has 1 aromatic rings. The van der Waals surface area contributed by atoms with Gasteiger partial charge in [-0.25, -0.2) is 0 Å². The number of rotatable bonds is 7. The second-order valence-corrected chi connectivity index (χ2v) is 4.34. The summed E-state index contributed by atoms with van der Waals surface area (Å²) >= 11 is 0. The fourth-order valence-electron chi connectivity index (χ4n) is 1.62. The van der Waals surface area contributed by atoms with Gasteiger partial charge in [0.05, 0.1) is 12.3 Å². The first-order chi connectivity index (χ1) is 9.08. The number of carbonyl (C=O) groups is 1. The van der Waals surface area contributed by atoms with Gasteiger partial charge in [-0.2, -0.15) is 0 Å². The summed E-state index contributed by atoms with van der Waals surface area (Å²) in [6, 6.07) is 5.11. The molecule has 0 aromatic heterocycles. The Morgan fingerprint density at radius 2 is 2.16 bits per heavy atom. The van der Waals surface area contributed by atoms with Crippen LogP contribution in [0, 0.1) is 0 Å². The zero-order valence-electron chi connectivity index (χ0n) is 11.8. The molecular weight excluding hydrogens is 242 g/mol. The number of anilines is 2. The third-order valence-corrected chi connectivity index (χ3v) is 2.64. The van der Waals surface area contributed by atoms with Crippen LogP contribution in [0.2, 0.25) is 0 Å². The van der Waals surface area contributed by atoms with E-state index in [0.717, 1.165) is 12.1 Å². The first kappa shape index (κ1) is 15.1. The number of ether oxygens (including phenoxy) is 1. The van der Waals surface area contributed by atoms with E-state index in [-0.39, 0.29) is 11.9 Å². The summed E-state index contributed by atoms with van der Waals surface area (Å²) < 4.78 is 5.42. The first-order valence-electron chi connectivity index (χ1n) is 6.65. The minimum atomic E-state index is -0.301. The molecule has 0 spiro atoms. The van der Waals surface area contributed by atoms with Gasteiger partial charge in [-0.15, -0.1) is 0 Å². The van der Waals surface area contributed by atoms with Crippen LogP contribution in [0.5, 0.6) is 5.75 Å². The van der Waals surface area contributed by atoms with Crippen LogP contribution in [0.4, 0.5) is 11.4 Å². The van der Waals surface area contributed by atoms with Gasteiger partial charge in [0.2, 0.25) is 5.91 Å². The topological polar surface area (TPSA) is 76.4 Å². The van der Waals surface area contributed by atoms with Gasteiger partial charge in [0.25, 0.3) is 0 Å². The monoisotopic (exact) mass is 265 g/mol. The zero-order valence-corrected chi connectivity index (χ0v) is 11.8. The number of nitrogens with one attached hydrogen (secondary N) is 2. The Labute approximate surface area is 114 Å². The second-order valence-electron chi connectivity index (χ2n) is 4.34. The average Bonchev–Trinajstić information content (AvgIpc) is 2.40. The first-order valence-corrected chi connectivity index (χ1v) is 6.65. The molecule has 4 N–H and O–H groups in total. The molecule has 1 aromatic carbocycles. The van der Waals surface area contributed by atoms with Crippen LogP contribution in [0.25, 0.3) is 0 Å². The van der Waals surface area contributed by atoms with Crippen LogP contribution < -0.4 is 21.1 Å². The van der Waals surface area contributed by atoms with Crippen molar-refractivity contribution in [3.63, 3.8) is 0 Å². The van der Waals surface area contributed by atoms with Crippen molar-refractivity contribution in [2.24, 2.45) is 0 Å². The summed E-state index contributed by atoms with van der Waals surface area (Å²) in [6.45, 7) is 6.99. The molecule has 0 saturated heterocycles. The minimum Gasteiger partial charge on any atom is -0.492 e. The van der Waals surface area contributed by atoms with E-state index in [2.05, 4.69) is 10.6 Å². The van der Waals surface area contributed by atoms with E-state index in [4.69, 9.17) is 10.5 Å². The second kappa shape index (κ2) is 7.51. The van der Waals surface area contributed by atoms with Crippen LogP contribution in [0.15, 0.2) is 18.2 Å². The van der Waals surface area contributed by atoms with Crippen LogP contribution in [-0.2, 0) is 4.79 Å². The molecule has 5 heteroatoms. The van der Waals surface area contributed by atoms with Gasteiger partial charge in [-0.3, -0.25) is 4.79 Å². The lowest BCUT2D eigenvalue weighted by Gasteiger charge is -2.16. The van der Waals surface area contributed by atoms with Crippen molar-refractivity contribution in [1.82, 2.24) is 5.32 Å². The summed E-state index contributed by atoms with van der Waals surface area (Å²) in [6.07, 6.45) is 0.925. The highest BCUT2D eigenvalue weighted by Crippen LogP contribution is 2.25. The number of hydrogen-bond donors (Lipinski definition) is 3. The standard InChI is InChI=1S/C14H23N3O2/c1-4-8-16-14(18)10(3)17-11-6-7-12(15)13(9-11)19-5-2/h6-7,9-10,17H,4-5,8,15H2,1-3H3,(H,16,18). The molecule has 1 atom stereocenters. The summed E-state index contributed by atoms with van der Waals surface area (Å²) in [5, 5.41) is 5.98. The van der Waals surface area contributed by atoms with Crippen LogP contribution in [0.3, 0.4) is 0 Å². The van der Waals surface area contributed by atoms with Gasteiger partial charge in [0, 0.05) is 18.3 Å². The third-order valence-electron chi connectivity index (χ3n) is 2.64. The van der Waals surface area contributed by atoms with Gasteiger partial charge < -0.3 is 21.1 Å². The molecule has 5 nitrogen and oxygen atoms in total. The van der Waals surface area contributed by atoms with Crippen LogP contribution >= 0.6 is 0 Å². The molecule has 1 rings (SSSR count). The molecule has 0 heterocycles. The average molecular weight is 265 g/mol. The Hall–Kier alpha value is -1.91. The third kappa shape index (κ3) is 4.69. The summed E-state index contributed by atoms with van der Waals surface area (Å²) in [7, 11) is 0. The lowest BCUT2D eigenvalue weighted by molar-refractivity contribution is -0.121. The molecule has 1 unspecified atom stereocenters. The Kier molecular flexibility index (Phi) is 5.99. The quantitative estimate of drug-likeness (QED) is 0.659. The number of amides is 1. The molecule has 0 radical (unpaired) electrons. The van der Waals surface area contributed by atoms with Crippen molar-refractivity contribution in [3.05, 3.63) is 18.2 Å². The fourth-order valence-corrected chi connectivity index (χ4v) is 1.62. The highest BCUT2D eigenvalue weighted by atomic mass is 16.5. The molecule has 19 heavy (non-hydrogen) atoms. The maximum Gasteiger partial charge on any atom is 0.242 e. The van der Waals surface area contributed by atoms with Crippen molar-refractivity contribution in [1.29, 1.82) is 0 Å². The van der Waals surface area contributed by atoms with E-state index >= 15 is 0 Å². The fraction of sp³-hybridized carbons (Fsp3) is 0.500. The van der Waals surface area contributed by atoms with Gasteiger partial charge in [-0.1, -0.05) is 6.92 Å². The normalized spacial score (nSPS) is 11.7. The Balaban J connectivity index is 2.65. The minimum absolute atomic E-state index is 0.0170. The molecule has 0 fully saturated rings. The Bertz CT molecular complexity index is 421. The van der Waals surface area contributed by atoms with Crippen molar-refractivity contribution in [3.8, 4) is 5.75 Å². The van der Waals surface area contributed by atoms with E-state index in [1.807, 2.05) is 32.9 Å². The largest absolute Gasteiger partial charge is 0.492 e. The number of hydrogen-bond acceptors (Lipinski definition) is 4. The molecule has 0 aliphatic heterocycles. The lowest BCUT2D eigenvalue weighted by Crippen LogP contribution is -2.37. The van der Waals surface area contributed by atoms with E-state index in [1.165, 1.54) is 0 Å². The summed E-state index contributed by atoms with van der Waals surface area (Å²) in [5.74, 6) is 0.616. The number of nitrogens with two attached hydrogens (primary N) is 1. The maximum atomic E-state index is 11.8. The molecule has 106 valence electrons. The number of benzene rings is 1. The van der Waals surface area contributed by atoms with E-state index in [9.17, 15) is 4.79 Å². The van der Waals surface area contributed by atoms with Gasteiger partial charge >= 0.3 is 0 Å².